The first-order valence-corrected chi connectivity index (χ1v) is 10.8. The Morgan fingerprint density at radius 2 is 1.93 bits per heavy atom. The van der Waals surface area contributed by atoms with E-state index in [4.69, 9.17) is 11.6 Å². The van der Waals surface area contributed by atoms with Crippen molar-refractivity contribution >= 4 is 28.3 Å². The quantitative estimate of drug-likeness (QED) is 0.503. The van der Waals surface area contributed by atoms with Crippen LogP contribution < -0.4 is 5.32 Å². The maximum absolute atomic E-state index is 9.81. The van der Waals surface area contributed by atoms with E-state index in [9.17, 15) is 5.26 Å². The van der Waals surface area contributed by atoms with Gasteiger partial charge in [-0.1, -0.05) is 50.9 Å². The van der Waals surface area contributed by atoms with Gasteiger partial charge < -0.3 is 9.88 Å². The second-order valence-electron chi connectivity index (χ2n) is 7.94. The number of nitrogens with one attached hydrogen (secondary N) is 1. The van der Waals surface area contributed by atoms with Crippen LogP contribution in [0.15, 0.2) is 36.5 Å². The van der Waals surface area contributed by atoms with Crippen LogP contribution in [0.2, 0.25) is 5.02 Å². The summed E-state index contributed by atoms with van der Waals surface area (Å²) in [5, 5.41) is 14.3. The monoisotopic (exact) mass is 408 g/mol. The van der Waals surface area contributed by atoms with E-state index in [0.717, 1.165) is 46.7 Å². The molecule has 1 N–H and O–H groups in total. The van der Waals surface area contributed by atoms with Crippen molar-refractivity contribution in [1.82, 2.24) is 9.55 Å². The molecule has 1 aromatic carbocycles. The Morgan fingerprint density at radius 1 is 1.28 bits per heavy atom. The molecule has 0 amide bonds. The molecule has 0 bridgehead atoms. The van der Waals surface area contributed by atoms with Crippen molar-refractivity contribution in [2.75, 3.05) is 12.4 Å². The number of hydrogen-bond acceptors (Lipinski definition) is 3. The van der Waals surface area contributed by atoms with Crippen LogP contribution >= 0.6 is 11.6 Å². The molecule has 1 aliphatic carbocycles. The highest BCUT2D eigenvalue weighted by atomic mass is 35.5. The number of halogens is 1. The lowest BCUT2D eigenvalue weighted by Gasteiger charge is -2.29. The van der Waals surface area contributed by atoms with E-state index in [1.807, 2.05) is 25.2 Å². The van der Waals surface area contributed by atoms with Gasteiger partial charge in [0.2, 0.25) is 0 Å². The summed E-state index contributed by atoms with van der Waals surface area (Å²) in [5.74, 6) is 0.884. The van der Waals surface area contributed by atoms with E-state index in [2.05, 4.69) is 53.8 Å². The molecule has 5 heteroatoms. The highest BCUT2D eigenvalue weighted by molar-refractivity contribution is 6.31. The molecule has 0 radical (unpaired) electrons. The second-order valence-corrected chi connectivity index (χ2v) is 8.38. The van der Waals surface area contributed by atoms with Crippen LogP contribution in [0.4, 0.5) is 5.69 Å². The summed E-state index contributed by atoms with van der Waals surface area (Å²) in [5.41, 5.74) is 4.54. The van der Waals surface area contributed by atoms with E-state index >= 15 is 0 Å². The average molecular weight is 409 g/mol. The van der Waals surface area contributed by atoms with E-state index in [-0.39, 0.29) is 0 Å². The van der Waals surface area contributed by atoms with E-state index in [1.54, 1.807) is 6.20 Å². The lowest BCUT2D eigenvalue weighted by molar-refractivity contribution is 0.323. The zero-order valence-electron chi connectivity index (χ0n) is 17.7. The minimum atomic E-state index is 0.405. The van der Waals surface area contributed by atoms with Gasteiger partial charge in [0.15, 0.2) is 0 Å². The number of benzene rings is 1. The normalized spacial score (nSPS) is 13.6. The molecule has 1 saturated carbocycles. The Labute approximate surface area is 178 Å². The van der Waals surface area contributed by atoms with Gasteiger partial charge in [-0.3, -0.25) is 0 Å². The fourth-order valence-electron chi connectivity index (χ4n) is 3.35. The predicted octanol–water partition coefficient (Wildman–Crippen LogP) is 7.05. The molecule has 2 heterocycles. The molecule has 0 unspecified atom stereocenters. The Morgan fingerprint density at radius 3 is 2.41 bits per heavy atom. The summed E-state index contributed by atoms with van der Waals surface area (Å²) >= 11 is 6.13. The molecule has 4 nitrogen and oxygen atoms in total. The highest BCUT2D eigenvalue weighted by Gasteiger charge is 2.28. The molecular formula is C24H29ClN4. The fraction of sp³-hybridized carbons (Fsp3) is 0.417. The van der Waals surface area contributed by atoms with Gasteiger partial charge in [-0.2, -0.15) is 5.26 Å². The highest BCUT2D eigenvalue weighted by Crippen LogP contribution is 2.42. The fourth-order valence-corrected chi connectivity index (χ4v) is 3.51. The Kier molecular flexibility index (Phi) is 6.82. The second kappa shape index (κ2) is 9.33. The molecule has 0 saturated heterocycles. The predicted molar refractivity (Wildman–Crippen MR) is 122 cm³/mol. The number of rotatable bonds is 4. The number of anilines is 1. The largest absolute Gasteiger partial charge is 0.388 e. The van der Waals surface area contributed by atoms with Gasteiger partial charge >= 0.3 is 0 Å². The maximum atomic E-state index is 9.81. The number of pyridine rings is 1. The first-order chi connectivity index (χ1) is 14.0. The topological polar surface area (TPSA) is 53.6 Å². The molecular weight excluding hydrogens is 380 g/mol. The Hall–Kier alpha value is -2.51. The van der Waals surface area contributed by atoms with E-state index in [0.29, 0.717) is 16.6 Å². The van der Waals surface area contributed by atoms with E-state index < -0.39 is 0 Å². The Balaban J connectivity index is 0.000000431. The van der Waals surface area contributed by atoms with Gasteiger partial charge in [-0.15, -0.1) is 0 Å². The number of nitriles is 1. The third-order valence-electron chi connectivity index (χ3n) is 5.62. The molecule has 1 fully saturated rings. The average Bonchev–Trinajstić information content (AvgIpc) is 3.00. The third-order valence-corrected chi connectivity index (χ3v) is 5.83. The number of hydrogen-bond donors (Lipinski definition) is 1. The zero-order valence-corrected chi connectivity index (χ0v) is 18.4. The summed E-state index contributed by atoms with van der Waals surface area (Å²) in [6, 6.07) is 12.8. The van der Waals surface area contributed by atoms with Crippen molar-refractivity contribution in [3.63, 3.8) is 0 Å². The summed E-state index contributed by atoms with van der Waals surface area (Å²) in [7, 11) is 1.90. The van der Waals surface area contributed by atoms with Crippen molar-refractivity contribution in [1.29, 1.82) is 5.26 Å². The van der Waals surface area contributed by atoms with Crippen molar-refractivity contribution < 1.29 is 0 Å². The van der Waals surface area contributed by atoms with Crippen molar-refractivity contribution in [3.8, 4) is 17.3 Å². The lowest BCUT2D eigenvalue weighted by Crippen LogP contribution is -2.18. The molecule has 29 heavy (non-hydrogen) atoms. The van der Waals surface area contributed by atoms with Gasteiger partial charge in [0.05, 0.1) is 16.3 Å². The van der Waals surface area contributed by atoms with Crippen LogP contribution in [-0.4, -0.2) is 16.6 Å². The molecule has 4 rings (SSSR count). The molecule has 152 valence electrons. The van der Waals surface area contributed by atoms with Crippen molar-refractivity contribution in [2.45, 2.75) is 52.5 Å². The van der Waals surface area contributed by atoms with Crippen LogP contribution in [0.25, 0.3) is 22.3 Å². The summed E-state index contributed by atoms with van der Waals surface area (Å²) in [6.07, 6.45) is 6.44. The van der Waals surface area contributed by atoms with Gasteiger partial charge in [-0.05, 0) is 48.9 Å². The van der Waals surface area contributed by atoms with Gasteiger partial charge in [0, 0.05) is 30.4 Å². The molecule has 0 aliphatic heterocycles. The minimum absolute atomic E-state index is 0.405. The molecule has 0 atom stereocenters. The standard InChI is InChI=1S/C19H17ClN4.C5H12/c1-22-14-7-5-12(6-8-14)18-17(10-21)16-9-13(20)11-23-19(16)24(18)15-3-2-4-15;1-4-5(2)3/h5-9,11,15,22H,2-4H2,1H3;5H,4H2,1-3H3. The summed E-state index contributed by atoms with van der Waals surface area (Å²) in [4.78, 5) is 4.54. The zero-order chi connectivity index (χ0) is 21.0. The van der Waals surface area contributed by atoms with Crippen LogP contribution in [-0.2, 0) is 0 Å². The van der Waals surface area contributed by atoms with Crippen molar-refractivity contribution in [2.24, 2.45) is 5.92 Å². The van der Waals surface area contributed by atoms with Crippen molar-refractivity contribution in [3.05, 3.63) is 47.1 Å². The van der Waals surface area contributed by atoms with Crippen LogP contribution in [0, 0.1) is 17.2 Å². The molecule has 0 spiro atoms. The Bertz CT molecular complexity index is 1010. The molecule has 2 aromatic heterocycles. The van der Waals surface area contributed by atoms with Crippen LogP contribution in [0.3, 0.4) is 0 Å². The van der Waals surface area contributed by atoms with Crippen LogP contribution in [0.1, 0.15) is 58.1 Å². The smallest absolute Gasteiger partial charge is 0.142 e. The van der Waals surface area contributed by atoms with Gasteiger partial charge in [-0.25, -0.2) is 4.98 Å². The van der Waals surface area contributed by atoms with Crippen LogP contribution in [0.5, 0.6) is 0 Å². The first kappa shape index (κ1) is 21.2. The summed E-state index contributed by atoms with van der Waals surface area (Å²) in [6.45, 7) is 6.64. The van der Waals surface area contributed by atoms with E-state index in [1.165, 1.54) is 12.8 Å². The summed E-state index contributed by atoms with van der Waals surface area (Å²) < 4.78 is 2.24. The number of aromatic nitrogens is 2. The SMILES string of the molecule is CCC(C)C.CNc1ccc(-c2c(C#N)c3cc(Cl)cnc3n2C2CCC2)cc1. The molecule has 3 aromatic rings. The molecule has 1 aliphatic rings. The van der Waals surface area contributed by atoms with Gasteiger partial charge in [0.1, 0.15) is 11.7 Å². The van der Waals surface area contributed by atoms with Gasteiger partial charge in [0.25, 0.3) is 0 Å². The first-order valence-electron chi connectivity index (χ1n) is 10.4. The lowest BCUT2D eigenvalue weighted by atomic mass is 9.92. The number of nitrogens with zero attached hydrogens (tertiary/aromatic N) is 3. The minimum Gasteiger partial charge on any atom is -0.388 e. The maximum Gasteiger partial charge on any atom is 0.142 e. The number of fused-ring (bicyclic) bond motifs is 1. The third kappa shape index (κ3) is 4.41.